The van der Waals surface area contributed by atoms with Gasteiger partial charge in [0, 0.05) is 32.4 Å². The molecule has 2 unspecified atom stereocenters. The van der Waals surface area contributed by atoms with E-state index in [2.05, 4.69) is 39.4 Å². The Morgan fingerprint density at radius 1 is 1.43 bits per heavy atom. The van der Waals surface area contributed by atoms with Gasteiger partial charge in [-0.25, -0.2) is 0 Å². The lowest BCUT2D eigenvalue weighted by Crippen LogP contribution is -2.48. The summed E-state index contributed by atoms with van der Waals surface area (Å²) < 4.78 is 0. The van der Waals surface area contributed by atoms with Crippen molar-refractivity contribution in [2.24, 2.45) is 10.9 Å². The third-order valence-electron chi connectivity index (χ3n) is 4.26. The highest BCUT2D eigenvalue weighted by atomic mass is 127. The average molecular weight is 431 g/mol. The van der Waals surface area contributed by atoms with Gasteiger partial charge in [-0.1, -0.05) is 13.0 Å². The number of halogens is 1. The fourth-order valence-corrected chi connectivity index (χ4v) is 2.90. The van der Waals surface area contributed by atoms with E-state index in [4.69, 9.17) is 0 Å². The summed E-state index contributed by atoms with van der Waals surface area (Å²) in [4.78, 5) is 11.2. The summed E-state index contributed by atoms with van der Waals surface area (Å²) in [5.41, 5.74) is 1.02. The predicted molar refractivity (Wildman–Crippen MR) is 107 cm³/mol. The molecule has 5 nitrogen and oxygen atoms in total. The van der Waals surface area contributed by atoms with Crippen molar-refractivity contribution in [1.82, 2.24) is 20.5 Å². The van der Waals surface area contributed by atoms with E-state index in [1.54, 1.807) is 7.05 Å². The second-order valence-electron chi connectivity index (χ2n) is 6.22. The van der Waals surface area contributed by atoms with Crippen LogP contribution in [0, 0.1) is 5.92 Å². The van der Waals surface area contributed by atoms with Crippen molar-refractivity contribution in [3.63, 3.8) is 0 Å². The van der Waals surface area contributed by atoms with Crippen LogP contribution in [-0.4, -0.2) is 48.6 Å². The van der Waals surface area contributed by atoms with Crippen LogP contribution in [0.15, 0.2) is 29.4 Å². The quantitative estimate of drug-likeness (QED) is 0.428. The molecule has 130 valence electrons. The third-order valence-corrected chi connectivity index (χ3v) is 4.26. The standard InChI is InChI=1S/C17H29N5.HI/c1-14-7-6-10-22(13-14)15(2)11-20-17(18-3)21-12-16-8-4-5-9-19-16;/h4-5,8-9,14-15H,6-7,10-13H2,1-3H3,(H2,18,20,21);1H. The minimum absolute atomic E-state index is 0. The number of hydrogen-bond acceptors (Lipinski definition) is 3. The maximum atomic E-state index is 4.31. The molecule has 23 heavy (non-hydrogen) atoms. The SMILES string of the molecule is CN=C(NCc1ccccn1)NCC(C)N1CCCC(C)C1.I. The molecule has 1 fully saturated rings. The fraction of sp³-hybridized carbons (Fsp3) is 0.647. The molecule has 1 aromatic rings. The lowest BCUT2D eigenvalue weighted by molar-refractivity contribution is 0.139. The molecule has 0 spiro atoms. The summed E-state index contributed by atoms with van der Waals surface area (Å²) in [6, 6.07) is 6.46. The van der Waals surface area contributed by atoms with Crippen LogP contribution in [0.5, 0.6) is 0 Å². The Balaban J connectivity index is 0.00000264. The van der Waals surface area contributed by atoms with Gasteiger partial charge in [0.05, 0.1) is 12.2 Å². The van der Waals surface area contributed by atoms with E-state index >= 15 is 0 Å². The van der Waals surface area contributed by atoms with Gasteiger partial charge in [0.1, 0.15) is 0 Å². The van der Waals surface area contributed by atoms with Crippen LogP contribution in [0.25, 0.3) is 0 Å². The molecular weight excluding hydrogens is 401 g/mol. The van der Waals surface area contributed by atoms with Crippen LogP contribution in [0.4, 0.5) is 0 Å². The van der Waals surface area contributed by atoms with E-state index in [1.165, 1.54) is 25.9 Å². The van der Waals surface area contributed by atoms with Gasteiger partial charge < -0.3 is 10.6 Å². The summed E-state index contributed by atoms with van der Waals surface area (Å²) in [6.45, 7) is 8.66. The minimum Gasteiger partial charge on any atom is -0.355 e. The zero-order valence-corrected chi connectivity index (χ0v) is 16.8. The van der Waals surface area contributed by atoms with Crippen LogP contribution >= 0.6 is 24.0 Å². The normalized spacial score (nSPS) is 20.5. The van der Waals surface area contributed by atoms with Gasteiger partial charge in [-0.2, -0.15) is 0 Å². The number of likely N-dealkylation sites (tertiary alicyclic amines) is 1. The van der Waals surface area contributed by atoms with E-state index in [1.807, 2.05) is 24.4 Å². The minimum atomic E-state index is 0. The molecule has 2 heterocycles. The first-order valence-electron chi connectivity index (χ1n) is 8.27. The number of aliphatic imine (C=N–C) groups is 1. The first kappa shape index (κ1) is 20.2. The van der Waals surface area contributed by atoms with Crippen LogP contribution < -0.4 is 10.6 Å². The van der Waals surface area contributed by atoms with Gasteiger partial charge in [-0.3, -0.25) is 14.9 Å². The molecule has 1 saturated heterocycles. The lowest BCUT2D eigenvalue weighted by Gasteiger charge is -2.35. The second-order valence-corrected chi connectivity index (χ2v) is 6.22. The number of pyridine rings is 1. The van der Waals surface area contributed by atoms with Gasteiger partial charge >= 0.3 is 0 Å². The lowest BCUT2D eigenvalue weighted by atomic mass is 9.99. The highest BCUT2D eigenvalue weighted by molar-refractivity contribution is 14.0. The Morgan fingerprint density at radius 2 is 2.26 bits per heavy atom. The number of nitrogens with zero attached hydrogens (tertiary/aromatic N) is 3. The van der Waals surface area contributed by atoms with Crippen LogP contribution in [0.3, 0.4) is 0 Å². The fourth-order valence-electron chi connectivity index (χ4n) is 2.90. The van der Waals surface area contributed by atoms with Crippen molar-refractivity contribution < 1.29 is 0 Å². The molecule has 0 aliphatic carbocycles. The molecule has 0 aromatic carbocycles. The number of nitrogens with one attached hydrogen (secondary N) is 2. The van der Waals surface area contributed by atoms with E-state index in [-0.39, 0.29) is 24.0 Å². The van der Waals surface area contributed by atoms with Crippen LogP contribution in [-0.2, 0) is 6.54 Å². The molecule has 0 bridgehead atoms. The Morgan fingerprint density at radius 3 is 2.91 bits per heavy atom. The van der Waals surface area contributed by atoms with E-state index in [0.717, 1.165) is 24.1 Å². The summed E-state index contributed by atoms with van der Waals surface area (Å²) in [7, 11) is 1.81. The molecule has 2 atom stereocenters. The summed E-state index contributed by atoms with van der Waals surface area (Å²) in [6.07, 6.45) is 4.49. The van der Waals surface area contributed by atoms with Crippen molar-refractivity contribution in [3.8, 4) is 0 Å². The number of rotatable bonds is 5. The summed E-state index contributed by atoms with van der Waals surface area (Å²) in [5.74, 6) is 1.65. The smallest absolute Gasteiger partial charge is 0.191 e. The van der Waals surface area contributed by atoms with Gasteiger partial charge in [0.15, 0.2) is 5.96 Å². The third kappa shape index (κ3) is 7.03. The second kappa shape index (κ2) is 10.8. The summed E-state index contributed by atoms with van der Waals surface area (Å²) in [5, 5.41) is 6.73. The zero-order chi connectivity index (χ0) is 15.8. The number of guanidine groups is 1. The van der Waals surface area contributed by atoms with Gasteiger partial charge in [0.2, 0.25) is 0 Å². The summed E-state index contributed by atoms with van der Waals surface area (Å²) >= 11 is 0. The number of piperidine rings is 1. The van der Waals surface area contributed by atoms with Crippen molar-refractivity contribution in [2.45, 2.75) is 39.3 Å². The molecule has 2 N–H and O–H groups in total. The Labute approximate surface area is 157 Å². The van der Waals surface area contributed by atoms with Gasteiger partial charge in [0.25, 0.3) is 0 Å². The monoisotopic (exact) mass is 431 g/mol. The zero-order valence-electron chi connectivity index (χ0n) is 14.5. The predicted octanol–water partition coefficient (Wildman–Crippen LogP) is 2.49. The van der Waals surface area contributed by atoms with Crippen LogP contribution in [0.1, 0.15) is 32.4 Å². The number of aromatic nitrogens is 1. The highest BCUT2D eigenvalue weighted by Gasteiger charge is 2.20. The first-order chi connectivity index (χ1) is 10.7. The Bertz CT molecular complexity index is 465. The van der Waals surface area contributed by atoms with Crippen LogP contribution in [0.2, 0.25) is 0 Å². The van der Waals surface area contributed by atoms with E-state index in [9.17, 15) is 0 Å². The topological polar surface area (TPSA) is 52.6 Å². The molecular formula is C17H30IN5. The molecule has 0 radical (unpaired) electrons. The maximum Gasteiger partial charge on any atom is 0.191 e. The first-order valence-corrected chi connectivity index (χ1v) is 8.27. The maximum absolute atomic E-state index is 4.31. The average Bonchev–Trinajstić information content (AvgIpc) is 2.55. The molecule has 2 rings (SSSR count). The molecule has 1 aliphatic rings. The Hall–Kier alpha value is -0.890. The van der Waals surface area contributed by atoms with Gasteiger partial charge in [-0.15, -0.1) is 24.0 Å². The van der Waals surface area contributed by atoms with Crippen molar-refractivity contribution in [2.75, 3.05) is 26.7 Å². The molecule has 0 amide bonds. The highest BCUT2D eigenvalue weighted by Crippen LogP contribution is 2.17. The van der Waals surface area contributed by atoms with E-state index < -0.39 is 0 Å². The molecule has 1 aromatic heterocycles. The largest absolute Gasteiger partial charge is 0.355 e. The Kier molecular flexibility index (Phi) is 9.47. The van der Waals surface area contributed by atoms with Crippen molar-refractivity contribution >= 4 is 29.9 Å². The number of hydrogen-bond donors (Lipinski definition) is 2. The van der Waals surface area contributed by atoms with Crippen molar-refractivity contribution in [3.05, 3.63) is 30.1 Å². The molecule has 6 heteroatoms. The van der Waals surface area contributed by atoms with E-state index in [0.29, 0.717) is 12.6 Å². The molecule has 1 aliphatic heterocycles. The molecule has 0 saturated carbocycles. The van der Waals surface area contributed by atoms with Gasteiger partial charge in [-0.05, 0) is 44.4 Å². The van der Waals surface area contributed by atoms with Crippen molar-refractivity contribution in [1.29, 1.82) is 0 Å².